The summed E-state index contributed by atoms with van der Waals surface area (Å²) in [7, 11) is 2.10. The Kier molecular flexibility index (Phi) is 53.7. The molecule has 0 aromatic heterocycles. The minimum atomic E-state index is 0.578. The van der Waals surface area contributed by atoms with E-state index < -0.39 is 0 Å². The highest BCUT2D eigenvalue weighted by molar-refractivity contribution is 5.08. The third-order valence-electron chi connectivity index (χ3n) is 12.1. The van der Waals surface area contributed by atoms with E-state index in [0.717, 1.165) is 18.4 Å². The summed E-state index contributed by atoms with van der Waals surface area (Å²) < 4.78 is 5.50. The van der Waals surface area contributed by atoms with Crippen LogP contribution in [0.15, 0.2) is 25.3 Å². The summed E-state index contributed by atoms with van der Waals surface area (Å²) in [5.74, 6) is 4.46. The molecule has 1 N–H and O–H groups in total. The van der Waals surface area contributed by atoms with E-state index in [1.807, 2.05) is 20.8 Å². The molecule has 0 unspecified atom stereocenters. The van der Waals surface area contributed by atoms with E-state index in [-0.39, 0.29) is 0 Å². The van der Waals surface area contributed by atoms with Crippen molar-refractivity contribution < 1.29 is 4.74 Å². The molecule has 0 spiro atoms. The molecule has 0 atom stereocenters. The molecule has 0 saturated heterocycles. The van der Waals surface area contributed by atoms with Crippen molar-refractivity contribution >= 4 is 0 Å². The number of ether oxygens (including phenoxy) is 1. The molecule has 0 amide bonds. The molecule has 1 aliphatic carbocycles. The molecule has 1 aliphatic rings. The fraction of sp³-hybridized carbons (Fsp3) is 0.891. The fourth-order valence-electron chi connectivity index (χ4n) is 8.43. The third kappa shape index (κ3) is 45.7. The molecule has 0 radical (unpaired) electrons. The van der Waals surface area contributed by atoms with Gasteiger partial charge in [0, 0.05) is 13.5 Å². The molecule has 340 valence electrons. The Balaban J connectivity index is -0.000000955. The highest BCUT2D eigenvalue weighted by Gasteiger charge is 2.41. The smallest absolute Gasteiger partial charge is 0.109 e. The Morgan fingerprint density at radius 2 is 0.860 bits per heavy atom. The molecule has 2 heteroatoms. The summed E-state index contributed by atoms with van der Waals surface area (Å²) in [5.41, 5.74) is 2.13. The summed E-state index contributed by atoms with van der Waals surface area (Å²) in [5, 5.41) is 3.41. The molecule has 0 aromatic rings. The Morgan fingerprint density at radius 3 is 1.16 bits per heavy atom. The van der Waals surface area contributed by atoms with Crippen molar-refractivity contribution in [2.45, 2.75) is 280 Å². The topological polar surface area (TPSA) is 21.3 Å². The van der Waals surface area contributed by atoms with Gasteiger partial charge in [0.15, 0.2) is 0 Å². The molecule has 0 heterocycles. The second-order valence-electron chi connectivity index (χ2n) is 17.7. The molecule has 0 aliphatic heterocycles. The van der Waals surface area contributed by atoms with Gasteiger partial charge in [-0.05, 0) is 62.8 Å². The minimum Gasteiger partial charge on any atom is -0.446 e. The van der Waals surface area contributed by atoms with Crippen molar-refractivity contribution in [3.8, 4) is 12.0 Å². The predicted octanol–water partition coefficient (Wildman–Crippen LogP) is 18.9. The molecule has 1 fully saturated rings. The van der Waals surface area contributed by atoms with E-state index in [1.54, 1.807) is 5.57 Å². The van der Waals surface area contributed by atoms with Crippen molar-refractivity contribution in [1.82, 2.24) is 5.32 Å². The monoisotopic (exact) mass is 800 g/mol. The highest BCUT2D eigenvalue weighted by atomic mass is 16.5. The zero-order valence-electron chi connectivity index (χ0n) is 41.1. The van der Waals surface area contributed by atoms with Gasteiger partial charge in [0.1, 0.15) is 12.7 Å². The van der Waals surface area contributed by atoms with E-state index >= 15 is 0 Å². The fourth-order valence-corrected chi connectivity index (χ4v) is 8.43. The Morgan fingerprint density at radius 1 is 0.544 bits per heavy atom. The van der Waals surface area contributed by atoms with E-state index in [0.29, 0.717) is 5.41 Å². The van der Waals surface area contributed by atoms with Gasteiger partial charge in [-0.15, -0.1) is 13.2 Å². The van der Waals surface area contributed by atoms with Gasteiger partial charge in [-0.25, -0.2) is 0 Å². The van der Waals surface area contributed by atoms with E-state index in [1.165, 1.54) is 238 Å². The van der Waals surface area contributed by atoms with Crippen molar-refractivity contribution in [2.24, 2.45) is 17.3 Å². The van der Waals surface area contributed by atoms with Crippen LogP contribution in [0.3, 0.4) is 0 Å². The lowest BCUT2D eigenvalue weighted by Crippen LogP contribution is -2.20. The second-order valence-corrected chi connectivity index (χ2v) is 17.7. The van der Waals surface area contributed by atoms with Crippen molar-refractivity contribution in [1.29, 1.82) is 0 Å². The van der Waals surface area contributed by atoms with E-state index in [2.05, 4.69) is 71.8 Å². The first-order chi connectivity index (χ1) is 28.0. The summed E-state index contributed by atoms with van der Waals surface area (Å²) >= 11 is 0. The number of nitrogens with one attached hydrogen (secondary N) is 1. The number of hydrogen-bond acceptors (Lipinski definition) is 2. The summed E-state index contributed by atoms with van der Waals surface area (Å²) in [6, 6.07) is 0. The quantitative estimate of drug-likeness (QED) is 0.0379. The Labute approximate surface area is 363 Å². The number of unbranched alkanes of at least 4 members (excludes halogenated alkanes) is 24. The number of rotatable bonds is 40. The van der Waals surface area contributed by atoms with Crippen LogP contribution in [0, 0.1) is 29.3 Å². The SMILES string of the molecule is C=C.C=C(CC(CCCCCCCCC)CCCCCCCCC)CC1(CNC)CC1.CC.CC#COCC(CCCCCCCCC)CCCCCCCCC. The van der Waals surface area contributed by atoms with Crippen LogP contribution in [0.25, 0.3) is 0 Å². The molecule has 1 saturated carbocycles. The molecular formula is C55H109NO. The summed E-state index contributed by atoms with van der Waals surface area (Å²) in [6.07, 6.45) is 53.4. The average molecular weight is 800 g/mol. The normalized spacial score (nSPS) is 12.4. The van der Waals surface area contributed by atoms with Crippen LogP contribution in [-0.4, -0.2) is 20.2 Å². The van der Waals surface area contributed by atoms with Crippen LogP contribution in [0.2, 0.25) is 0 Å². The maximum Gasteiger partial charge on any atom is 0.109 e. The molecule has 57 heavy (non-hydrogen) atoms. The second kappa shape index (κ2) is 50.9. The first-order valence-corrected chi connectivity index (χ1v) is 25.8. The first-order valence-electron chi connectivity index (χ1n) is 25.8. The van der Waals surface area contributed by atoms with Crippen LogP contribution < -0.4 is 5.32 Å². The molecule has 0 bridgehead atoms. The van der Waals surface area contributed by atoms with Gasteiger partial charge in [-0.1, -0.05) is 252 Å². The van der Waals surface area contributed by atoms with Crippen LogP contribution >= 0.6 is 0 Å². The van der Waals surface area contributed by atoms with Gasteiger partial charge in [-0.3, -0.25) is 0 Å². The predicted molar refractivity (Wildman–Crippen MR) is 263 cm³/mol. The largest absolute Gasteiger partial charge is 0.446 e. The highest BCUT2D eigenvalue weighted by Crippen LogP contribution is 2.50. The van der Waals surface area contributed by atoms with Gasteiger partial charge in [0.25, 0.3) is 0 Å². The maximum absolute atomic E-state index is 5.50. The van der Waals surface area contributed by atoms with E-state index in [4.69, 9.17) is 4.74 Å². The lowest BCUT2D eigenvalue weighted by atomic mass is 9.85. The third-order valence-corrected chi connectivity index (χ3v) is 12.1. The number of hydrogen-bond donors (Lipinski definition) is 1. The van der Waals surface area contributed by atoms with Crippen LogP contribution in [-0.2, 0) is 4.74 Å². The maximum atomic E-state index is 5.50. The van der Waals surface area contributed by atoms with Gasteiger partial charge >= 0.3 is 0 Å². The average Bonchev–Trinajstić information content (AvgIpc) is 3.99. The molecule has 2 nitrogen and oxygen atoms in total. The van der Waals surface area contributed by atoms with Crippen LogP contribution in [0.5, 0.6) is 0 Å². The van der Waals surface area contributed by atoms with Crippen molar-refractivity contribution in [3.05, 3.63) is 25.3 Å². The van der Waals surface area contributed by atoms with Gasteiger partial charge < -0.3 is 10.1 Å². The van der Waals surface area contributed by atoms with Crippen molar-refractivity contribution in [2.75, 3.05) is 20.2 Å². The summed E-state index contributed by atoms with van der Waals surface area (Å²) in [4.78, 5) is 0. The molecular weight excluding hydrogens is 691 g/mol. The zero-order valence-corrected chi connectivity index (χ0v) is 41.1. The molecule has 1 rings (SSSR count). The summed E-state index contributed by atoms with van der Waals surface area (Å²) in [6.45, 7) is 27.6. The lowest BCUT2D eigenvalue weighted by molar-refractivity contribution is 0.195. The van der Waals surface area contributed by atoms with Crippen LogP contribution in [0.4, 0.5) is 0 Å². The lowest BCUT2D eigenvalue weighted by Gasteiger charge is -2.22. The standard InChI is InChI=1S/C28H55N.C23H44O.C2H6.C2H4/c1-5-7-9-11-13-15-17-19-27(20-18-16-14-12-10-8-6-2)23-26(3)24-28(21-22-28)25-29-4;1-4-7-9-11-13-15-17-19-23(22-24-21-6-3)20-18-16-14-12-10-8-5-2;2*1-2/h27,29H,3,5-25H2,1-2,4H3;23H,4-5,7-20,22H2,1-3H3;1-2H3;1-2H2. The van der Waals surface area contributed by atoms with Crippen molar-refractivity contribution in [3.63, 3.8) is 0 Å². The number of allylic oxidation sites excluding steroid dienone is 1. The van der Waals surface area contributed by atoms with Gasteiger partial charge in [-0.2, -0.15) is 0 Å². The van der Waals surface area contributed by atoms with Crippen LogP contribution in [0.1, 0.15) is 280 Å². The van der Waals surface area contributed by atoms with Gasteiger partial charge in [0.2, 0.25) is 0 Å². The first kappa shape index (κ1) is 60.1. The van der Waals surface area contributed by atoms with E-state index in [9.17, 15) is 0 Å². The Bertz CT molecular complexity index is 782. The minimum absolute atomic E-state index is 0.578. The zero-order chi connectivity index (χ0) is 42.9. The molecule has 0 aromatic carbocycles. The van der Waals surface area contributed by atoms with Gasteiger partial charge in [0.05, 0.1) is 0 Å². The Hall–Kier alpha value is -1.20.